The van der Waals surface area contributed by atoms with Gasteiger partial charge in [-0.15, -0.1) is 0 Å². The summed E-state index contributed by atoms with van der Waals surface area (Å²) in [6, 6.07) is 6.10. The second-order valence-corrected chi connectivity index (χ2v) is 6.26. The van der Waals surface area contributed by atoms with E-state index in [4.69, 9.17) is 11.0 Å². The average Bonchev–Trinajstić information content (AvgIpc) is 2.35. The summed E-state index contributed by atoms with van der Waals surface area (Å²) in [4.78, 5) is 1.91. The summed E-state index contributed by atoms with van der Waals surface area (Å²) < 4.78 is 26.7. The first-order valence-electron chi connectivity index (χ1n) is 5.73. The zero-order chi connectivity index (χ0) is 14.6. The Balaban J connectivity index is 2.93. The van der Waals surface area contributed by atoms with Crippen molar-refractivity contribution in [3.63, 3.8) is 0 Å². The summed E-state index contributed by atoms with van der Waals surface area (Å²) in [5.74, 6) is 0. The van der Waals surface area contributed by atoms with Crippen molar-refractivity contribution in [1.29, 1.82) is 5.26 Å². The molecule has 0 heterocycles. The van der Waals surface area contributed by atoms with Gasteiger partial charge in [-0.2, -0.15) is 5.26 Å². The highest BCUT2D eigenvalue weighted by atomic mass is 32.2. The van der Waals surface area contributed by atoms with Gasteiger partial charge in [0.1, 0.15) is 4.90 Å². The normalized spacial score (nSPS) is 13.2. The summed E-state index contributed by atoms with van der Waals surface area (Å²) in [5, 5.41) is 8.72. The van der Waals surface area contributed by atoms with Crippen LogP contribution in [0.1, 0.15) is 12.5 Å². The number of hydrogen-bond acceptors (Lipinski definition) is 5. The first kappa shape index (κ1) is 15.4. The molecule has 0 radical (unpaired) electrons. The number of nitrogens with zero attached hydrogens (tertiary/aromatic N) is 2. The average molecular weight is 282 g/mol. The van der Waals surface area contributed by atoms with Crippen molar-refractivity contribution < 1.29 is 8.42 Å². The molecule has 0 aromatic heterocycles. The quantitative estimate of drug-likeness (QED) is 0.760. The summed E-state index contributed by atoms with van der Waals surface area (Å²) in [6.07, 6.45) is 0. The van der Waals surface area contributed by atoms with Crippen molar-refractivity contribution >= 4 is 15.7 Å². The molecule has 0 amide bonds. The molecule has 1 aromatic carbocycles. The molecule has 0 saturated heterocycles. The predicted octanol–water partition coefficient (Wildman–Crippen LogP) is 0.369. The van der Waals surface area contributed by atoms with E-state index >= 15 is 0 Å². The van der Waals surface area contributed by atoms with Crippen LogP contribution < -0.4 is 10.5 Å². The number of rotatable bonds is 5. The Morgan fingerprint density at radius 3 is 2.58 bits per heavy atom. The third kappa shape index (κ3) is 3.92. The van der Waals surface area contributed by atoms with Gasteiger partial charge in [0.05, 0.1) is 17.3 Å². The van der Waals surface area contributed by atoms with Crippen molar-refractivity contribution in [2.75, 3.05) is 26.4 Å². The number of hydrogen-bond donors (Lipinski definition) is 2. The first-order valence-corrected chi connectivity index (χ1v) is 7.22. The lowest BCUT2D eigenvalue weighted by Crippen LogP contribution is -2.38. The Morgan fingerprint density at radius 2 is 2.11 bits per heavy atom. The summed E-state index contributed by atoms with van der Waals surface area (Å²) in [6.45, 7) is 2.19. The van der Waals surface area contributed by atoms with Gasteiger partial charge in [0.15, 0.2) is 0 Å². The van der Waals surface area contributed by atoms with Crippen LogP contribution in [-0.4, -0.2) is 40.0 Å². The molecule has 19 heavy (non-hydrogen) atoms. The number of likely N-dealkylation sites (N-methyl/N-ethyl adjacent to an activating group) is 1. The van der Waals surface area contributed by atoms with Crippen molar-refractivity contribution in [2.24, 2.45) is 0 Å². The number of nitrogens with two attached hydrogens (primary N) is 1. The van der Waals surface area contributed by atoms with Crippen LogP contribution in [-0.2, 0) is 10.0 Å². The van der Waals surface area contributed by atoms with E-state index in [0.717, 1.165) is 0 Å². The van der Waals surface area contributed by atoms with Crippen LogP contribution in [0.25, 0.3) is 0 Å². The molecule has 1 aromatic rings. The van der Waals surface area contributed by atoms with Crippen LogP contribution in [0, 0.1) is 11.3 Å². The molecule has 6 nitrogen and oxygen atoms in total. The van der Waals surface area contributed by atoms with E-state index in [-0.39, 0.29) is 23.2 Å². The largest absolute Gasteiger partial charge is 0.398 e. The maximum absolute atomic E-state index is 12.1. The number of anilines is 1. The molecule has 0 aliphatic heterocycles. The van der Waals surface area contributed by atoms with Gasteiger partial charge in [-0.1, -0.05) is 0 Å². The van der Waals surface area contributed by atoms with E-state index < -0.39 is 10.0 Å². The van der Waals surface area contributed by atoms with Gasteiger partial charge in [-0.3, -0.25) is 0 Å². The molecule has 104 valence electrons. The molecule has 0 aliphatic rings. The Hall–Kier alpha value is -1.62. The molecule has 3 N–H and O–H groups in total. The Kier molecular flexibility index (Phi) is 4.89. The lowest BCUT2D eigenvalue weighted by molar-refractivity contribution is 0.314. The predicted molar refractivity (Wildman–Crippen MR) is 73.9 cm³/mol. The van der Waals surface area contributed by atoms with Gasteiger partial charge in [0.25, 0.3) is 0 Å². The Labute approximate surface area is 113 Å². The number of nitriles is 1. The zero-order valence-electron chi connectivity index (χ0n) is 11.2. The monoisotopic (exact) mass is 282 g/mol. The Bertz CT molecular complexity index is 590. The lowest BCUT2D eigenvalue weighted by atomic mass is 10.2. The molecule has 7 heteroatoms. The minimum atomic E-state index is -3.66. The van der Waals surface area contributed by atoms with Gasteiger partial charge < -0.3 is 10.6 Å². The van der Waals surface area contributed by atoms with E-state index in [1.54, 1.807) is 0 Å². The van der Waals surface area contributed by atoms with Crippen LogP contribution in [0.3, 0.4) is 0 Å². The highest BCUT2D eigenvalue weighted by Gasteiger charge is 2.18. The SMILES string of the molecule is CC(CNS(=O)(=O)c1ccc(C#N)cc1N)N(C)C. The molecule has 0 aliphatic carbocycles. The van der Waals surface area contributed by atoms with Gasteiger partial charge >= 0.3 is 0 Å². The molecule has 1 rings (SSSR count). The molecule has 0 fully saturated rings. The molecule has 1 atom stereocenters. The lowest BCUT2D eigenvalue weighted by Gasteiger charge is -2.20. The number of benzene rings is 1. The Morgan fingerprint density at radius 1 is 1.47 bits per heavy atom. The second-order valence-electron chi connectivity index (χ2n) is 4.53. The van der Waals surface area contributed by atoms with Crippen LogP contribution in [0.2, 0.25) is 0 Å². The van der Waals surface area contributed by atoms with Crippen LogP contribution >= 0.6 is 0 Å². The smallest absolute Gasteiger partial charge is 0.242 e. The third-order valence-electron chi connectivity index (χ3n) is 2.88. The van der Waals surface area contributed by atoms with E-state index in [1.165, 1.54) is 18.2 Å². The third-order valence-corrected chi connectivity index (χ3v) is 4.38. The van der Waals surface area contributed by atoms with E-state index in [2.05, 4.69) is 4.72 Å². The van der Waals surface area contributed by atoms with Gasteiger partial charge in [0.2, 0.25) is 10.0 Å². The van der Waals surface area contributed by atoms with Crippen LogP contribution in [0.4, 0.5) is 5.69 Å². The van der Waals surface area contributed by atoms with Crippen molar-refractivity contribution in [3.05, 3.63) is 23.8 Å². The zero-order valence-corrected chi connectivity index (χ0v) is 12.0. The maximum Gasteiger partial charge on any atom is 0.242 e. The van der Waals surface area contributed by atoms with Crippen molar-refractivity contribution in [2.45, 2.75) is 17.9 Å². The second kappa shape index (κ2) is 6.02. The van der Waals surface area contributed by atoms with E-state index in [1.807, 2.05) is 32.0 Å². The number of nitrogens with one attached hydrogen (secondary N) is 1. The summed E-state index contributed by atoms with van der Waals surface area (Å²) in [5.41, 5.74) is 6.07. The molecule has 0 spiro atoms. The minimum absolute atomic E-state index is 0.00236. The highest BCUT2D eigenvalue weighted by molar-refractivity contribution is 7.89. The fourth-order valence-electron chi connectivity index (χ4n) is 1.35. The number of nitrogen functional groups attached to an aromatic ring is 1. The highest BCUT2D eigenvalue weighted by Crippen LogP contribution is 2.19. The standard InChI is InChI=1S/C12H18N4O2S/c1-9(16(2)3)8-15-19(17,18)12-5-4-10(7-13)6-11(12)14/h4-6,9,15H,8,14H2,1-3H3. The van der Waals surface area contributed by atoms with E-state index in [0.29, 0.717) is 5.56 Å². The summed E-state index contributed by atoms with van der Waals surface area (Å²) in [7, 11) is 0.0846. The van der Waals surface area contributed by atoms with Gasteiger partial charge in [0, 0.05) is 12.6 Å². The fourth-order valence-corrected chi connectivity index (χ4v) is 2.59. The first-order chi connectivity index (χ1) is 8.77. The fraction of sp³-hybridized carbons (Fsp3) is 0.417. The topological polar surface area (TPSA) is 99.2 Å². The van der Waals surface area contributed by atoms with Crippen molar-refractivity contribution in [1.82, 2.24) is 9.62 Å². The molecular formula is C12H18N4O2S. The van der Waals surface area contributed by atoms with Gasteiger partial charge in [-0.25, -0.2) is 13.1 Å². The van der Waals surface area contributed by atoms with Crippen molar-refractivity contribution in [3.8, 4) is 6.07 Å². The molecule has 0 bridgehead atoms. The number of sulfonamides is 1. The maximum atomic E-state index is 12.1. The van der Waals surface area contributed by atoms with E-state index in [9.17, 15) is 8.42 Å². The van der Waals surface area contributed by atoms with Crippen LogP contribution in [0.15, 0.2) is 23.1 Å². The molecule has 1 unspecified atom stereocenters. The minimum Gasteiger partial charge on any atom is -0.398 e. The summed E-state index contributed by atoms with van der Waals surface area (Å²) >= 11 is 0. The van der Waals surface area contributed by atoms with Gasteiger partial charge in [-0.05, 0) is 39.2 Å². The molecular weight excluding hydrogens is 264 g/mol. The van der Waals surface area contributed by atoms with Crippen LogP contribution in [0.5, 0.6) is 0 Å². The molecule has 0 saturated carbocycles.